The number of amides is 2. The second-order valence-electron chi connectivity index (χ2n) is 6.59. The molecular weight excluding hydrogens is 342 g/mol. The summed E-state index contributed by atoms with van der Waals surface area (Å²) in [6.45, 7) is 0.353. The molecule has 0 saturated carbocycles. The van der Waals surface area contributed by atoms with Crippen molar-refractivity contribution in [2.24, 2.45) is 0 Å². The molecule has 2 aromatic rings. The summed E-state index contributed by atoms with van der Waals surface area (Å²) in [4.78, 5) is 24.7. The van der Waals surface area contributed by atoms with Gasteiger partial charge in [0.25, 0.3) is 0 Å². The van der Waals surface area contributed by atoms with Gasteiger partial charge in [0.05, 0.1) is 6.07 Å². The largest absolute Gasteiger partial charge is 0.465 e. The number of hydrogen-bond acceptors (Lipinski definition) is 3. The van der Waals surface area contributed by atoms with E-state index in [1.807, 2.05) is 54.6 Å². The van der Waals surface area contributed by atoms with Gasteiger partial charge >= 0.3 is 6.09 Å². The fourth-order valence-corrected chi connectivity index (χ4v) is 3.36. The molecule has 2 atom stereocenters. The molecule has 0 aliphatic carbocycles. The molecule has 0 spiro atoms. The number of carboxylic acid groups (broad SMARTS) is 1. The number of nitrogens with zero attached hydrogens (tertiary/aromatic N) is 2. The Morgan fingerprint density at radius 1 is 1.15 bits per heavy atom. The predicted octanol–water partition coefficient (Wildman–Crippen LogP) is 3.05. The van der Waals surface area contributed by atoms with Crippen molar-refractivity contribution in [3.8, 4) is 17.2 Å². The van der Waals surface area contributed by atoms with E-state index in [0.717, 1.165) is 21.6 Å². The fourth-order valence-electron chi connectivity index (χ4n) is 3.36. The normalized spacial score (nSPS) is 17.1. The molecule has 6 nitrogen and oxygen atoms in total. The third-order valence-electron chi connectivity index (χ3n) is 4.77. The lowest BCUT2D eigenvalue weighted by Gasteiger charge is -2.22. The molecule has 6 heteroatoms. The summed E-state index contributed by atoms with van der Waals surface area (Å²) in [6, 6.07) is 18.5. The molecule has 1 saturated heterocycles. The van der Waals surface area contributed by atoms with Gasteiger partial charge in [-0.2, -0.15) is 5.26 Å². The lowest BCUT2D eigenvalue weighted by atomic mass is 10.0. The number of likely N-dealkylation sites (tertiary alicyclic amines) is 1. The quantitative estimate of drug-likeness (QED) is 0.854. The Kier molecular flexibility index (Phi) is 5.72. The average Bonchev–Trinajstić information content (AvgIpc) is 3.19. The Hall–Kier alpha value is -3.33. The third kappa shape index (κ3) is 4.45. The molecule has 2 aromatic carbocycles. The van der Waals surface area contributed by atoms with Crippen LogP contribution in [0, 0.1) is 11.3 Å². The summed E-state index contributed by atoms with van der Waals surface area (Å²) in [6.07, 6.45) is 0.416. The summed E-state index contributed by atoms with van der Waals surface area (Å²) in [5.74, 6) is -0.401. The number of rotatable bonds is 5. The predicted molar refractivity (Wildman–Crippen MR) is 101 cm³/mol. The summed E-state index contributed by atoms with van der Waals surface area (Å²) in [5, 5.41) is 21.2. The van der Waals surface area contributed by atoms with Crippen molar-refractivity contribution in [2.75, 3.05) is 6.54 Å². The zero-order chi connectivity index (χ0) is 19.2. The number of carbonyl (C=O) groups excluding carboxylic acids is 1. The lowest BCUT2D eigenvalue weighted by Crippen LogP contribution is -2.48. The van der Waals surface area contributed by atoms with Gasteiger partial charge in [0.1, 0.15) is 12.1 Å². The van der Waals surface area contributed by atoms with Crippen LogP contribution in [0.3, 0.4) is 0 Å². The van der Waals surface area contributed by atoms with Gasteiger partial charge in [-0.1, -0.05) is 54.6 Å². The van der Waals surface area contributed by atoms with Gasteiger partial charge < -0.3 is 10.4 Å². The number of hydrogen-bond donors (Lipinski definition) is 2. The Balaban J connectivity index is 1.62. The molecule has 27 heavy (non-hydrogen) atoms. The summed E-state index contributed by atoms with van der Waals surface area (Å²) < 4.78 is 0. The van der Waals surface area contributed by atoms with Gasteiger partial charge in [0.15, 0.2) is 0 Å². The zero-order valence-electron chi connectivity index (χ0n) is 14.8. The minimum absolute atomic E-state index is 0.353. The van der Waals surface area contributed by atoms with Crippen LogP contribution in [0.5, 0.6) is 0 Å². The highest BCUT2D eigenvalue weighted by Gasteiger charge is 2.34. The molecule has 0 radical (unpaired) electrons. The minimum Gasteiger partial charge on any atom is -0.465 e. The van der Waals surface area contributed by atoms with E-state index in [9.17, 15) is 14.9 Å². The Bertz CT molecular complexity index is 843. The molecule has 0 bridgehead atoms. The number of nitrogens with one attached hydrogen (secondary N) is 1. The Labute approximate surface area is 158 Å². The molecule has 1 aliphatic rings. The minimum atomic E-state index is -1.10. The fraction of sp³-hybridized carbons (Fsp3) is 0.286. The van der Waals surface area contributed by atoms with Crippen LogP contribution < -0.4 is 5.32 Å². The van der Waals surface area contributed by atoms with Gasteiger partial charge in [0, 0.05) is 13.0 Å². The Morgan fingerprint density at radius 2 is 1.81 bits per heavy atom. The first kappa shape index (κ1) is 18.5. The first-order valence-corrected chi connectivity index (χ1v) is 8.92. The van der Waals surface area contributed by atoms with Crippen molar-refractivity contribution >= 4 is 12.0 Å². The van der Waals surface area contributed by atoms with E-state index in [4.69, 9.17) is 5.11 Å². The Morgan fingerprint density at radius 3 is 2.44 bits per heavy atom. The SMILES string of the molecule is N#C[C@H](Cc1ccc(-c2ccccc2)cc1)NC(=O)C1CCCN1C(=O)O. The molecule has 138 valence electrons. The van der Waals surface area contributed by atoms with Gasteiger partial charge in [-0.3, -0.25) is 9.69 Å². The smallest absolute Gasteiger partial charge is 0.407 e. The molecule has 1 unspecified atom stereocenters. The molecule has 2 N–H and O–H groups in total. The molecule has 2 amide bonds. The van der Waals surface area contributed by atoms with E-state index in [1.54, 1.807) is 0 Å². The van der Waals surface area contributed by atoms with Crippen LogP contribution in [-0.4, -0.2) is 40.6 Å². The van der Waals surface area contributed by atoms with Crippen LogP contribution in [0.1, 0.15) is 18.4 Å². The van der Waals surface area contributed by atoms with Gasteiger partial charge in [-0.05, 0) is 29.5 Å². The molecule has 1 aliphatic heterocycles. The highest BCUT2D eigenvalue weighted by atomic mass is 16.4. The van der Waals surface area contributed by atoms with Crippen LogP contribution >= 0.6 is 0 Å². The van der Waals surface area contributed by atoms with E-state index in [1.165, 1.54) is 0 Å². The van der Waals surface area contributed by atoms with Crippen molar-refractivity contribution < 1.29 is 14.7 Å². The first-order chi connectivity index (χ1) is 13.1. The molecule has 1 fully saturated rings. The van der Waals surface area contributed by atoms with Crippen LogP contribution in [0.15, 0.2) is 54.6 Å². The first-order valence-electron chi connectivity index (χ1n) is 8.92. The van der Waals surface area contributed by atoms with Gasteiger partial charge in [-0.25, -0.2) is 4.79 Å². The van der Waals surface area contributed by atoms with E-state index in [2.05, 4.69) is 11.4 Å². The number of nitriles is 1. The van der Waals surface area contributed by atoms with Crippen LogP contribution in [-0.2, 0) is 11.2 Å². The second-order valence-corrected chi connectivity index (χ2v) is 6.59. The number of carbonyl (C=O) groups is 2. The third-order valence-corrected chi connectivity index (χ3v) is 4.77. The average molecular weight is 363 g/mol. The van der Waals surface area contributed by atoms with Crippen molar-refractivity contribution in [1.29, 1.82) is 5.26 Å². The van der Waals surface area contributed by atoms with Gasteiger partial charge in [0.2, 0.25) is 5.91 Å². The van der Waals surface area contributed by atoms with Crippen LogP contribution in [0.4, 0.5) is 4.79 Å². The van der Waals surface area contributed by atoms with E-state index in [-0.39, 0.29) is 0 Å². The van der Waals surface area contributed by atoms with Crippen LogP contribution in [0.25, 0.3) is 11.1 Å². The maximum absolute atomic E-state index is 12.4. The maximum atomic E-state index is 12.4. The van der Waals surface area contributed by atoms with Crippen molar-refractivity contribution in [3.05, 3.63) is 60.2 Å². The lowest BCUT2D eigenvalue weighted by molar-refractivity contribution is -0.125. The van der Waals surface area contributed by atoms with Crippen LogP contribution in [0.2, 0.25) is 0 Å². The van der Waals surface area contributed by atoms with Gasteiger partial charge in [-0.15, -0.1) is 0 Å². The van der Waals surface area contributed by atoms with Crippen molar-refractivity contribution in [3.63, 3.8) is 0 Å². The number of benzene rings is 2. The second kappa shape index (κ2) is 8.37. The maximum Gasteiger partial charge on any atom is 0.407 e. The van der Waals surface area contributed by atoms with Crippen molar-refractivity contribution in [1.82, 2.24) is 10.2 Å². The zero-order valence-corrected chi connectivity index (χ0v) is 14.8. The summed E-state index contributed by atoms with van der Waals surface area (Å²) in [5.41, 5.74) is 3.13. The molecule has 1 heterocycles. The summed E-state index contributed by atoms with van der Waals surface area (Å²) >= 11 is 0. The summed E-state index contributed by atoms with van der Waals surface area (Å²) in [7, 11) is 0. The molecular formula is C21H21N3O3. The van der Waals surface area contributed by atoms with Crippen molar-refractivity contribution in [2.45, 2.75) is 31.3 Å². The molecule has 0 aromatic heterocycles. The van der Waals surface area contributed by atoms with E-state index in [0.29, 0.717) is 25.8 Å². The highest BCUT2D eigenvalue weighted by molar-refractivity contribution is 5.86. The monoisotopic (exact) mass is 363 g/mol. The highest BCUT2D eigenvalue weighted by Crippen LogP contribution is 2.20. The van der Waals surface area contributed by atoms with E-state index >= 15 is 0 Å². The molecule has 3 rings (SSSR count). The van der Waals surface area contributed by atoms with E-state index < -0.39 is 24.1 Å². The topological polar surface area (TPSA) is 93.4 Å². The standard InChI is InChI=1S/C21H21N3O3/c22-14-18(23-20(25)19-7-4-12-24(19)21(26)27)13-15-8-10-17(11-9-15)16-5-2-1-3-6-16/h1-3,5-6,8-11,18-19H,4,7,12-13H2,(H,23,25)(H,26,27)/t18-,19?/m0/s1.